The van der Waals surface area contributed by atoms with Crippen LogP contribution in [0.5, 0.6) is 0 Å². The second-order valence-electron chi connectivity index (χ2n) is 12.3. The monoisotopic (exact) mass is 638 g/mol. The van der Waals surface area contributed by atoms with E-state index in [2.05, 4.69) is 31.8 Å². The van der Waals surface area contributed by atoms with E-state index in [0.29, 0.717) is 42.8 Å². The van der Waals surface area contributed by atoms with Gasteiger partial charge in [-0.25, -0.2) is 19.2 Å². The number of benzene rings is 1. The molecule has 47 heavy (non-hydrogen) atoms. The van der Waals surface area contributed by atoms with E-state index in [-0.39, 0.29) is 31.0 Å². The summed E-state index contributed by atoms with van der Waals surface area (Å²) >= 11 is 0. The van der Waals surface area contributed by atoms with Crippen LogP contribution in [0.25, 0.3) is 11.1 Å². The topological polar surface area (TPSA) is 148 Å². The number of rotatable bonds is 9. The number of alkyl halides is 1. The minimum absolute atomic E-state index is 0.0661. The predicted octanol–water partition coefficient (Wildman–Crippen LogP) is 4.58. The first kappa shape index (κ1) is 31.9. The number of anilines is 3. The Labute approximate surface area is 273 Å². The Morgan fingerprint density at radius 3 is 2.47 bits per heavy atom. The molecule has 3 aromatic heterocycles. The zero-order valence-electron chi connectivity index (χ0n) is 26.4. The van der Waals surface area contributed by atoms with Crippen LogP contribution < -0.4 is 20.4 Å². The molecule has 4 aromatic rings. The molecule has 2 fully saturated rings. The molecule has 3 N–H and O–H groups in total. The number of halogens is 1. The summed E-state index contributed by atoms with van der Waals surface area (Å²) in [6.07, 6.45) is 10.3. The maximum Gasteiger partial charge on any atom is 0.323 e. The van der Waals surface area contributed by atoms with Crippen molar-refractivity contribution in [3.05, 3.63) is 78.4 Å². The molecular weight excluding hydrogens is 599 g/mol. The predicted molar refractivity (Wildman–Crippen MR) is 176 cm³/mol. The molecule has 0 atom stereocenters. The fraction of sp³-hybridized carbons (Fsp3) is 0.412. The third kappa shape index (κ3) is 7.49. The molecule has 0 bridgehead atoms. The lowest BCUT2D eigenvalue weighted by Crippen LogP contribution is -2.49. The number of piperidine rings is 1. The van der Waals surface area contributed by atoms with Crippen molar-refractivity contribution in [1.29, 1.82) is 5.26 Å². The van der Waals surface area contributed by atoms with E-state index in [4.69, 9.17) is 4.98 Å². The molecule has 0 unspecified atom stereocenters. The molecule has 2 amide bonds. The van der Waals surface area contributed by atoms with Crippen molar-refractivity contribution in [1.82, 2.24) is 30.0 Å². The lowest BCUT2D eigenvalue weighted by atomic mass is 9.90. The smallest absolute Gasteiger partial charge is 0.323 e. The van der Waals surface area contributed by atoms with Gasteiger partial charge in [-0.15, -0.1) is 0 Å². The number of carbonyl (C=O) groups excluding carboxylic acids is 1. The van der Waals surface area contributed by atoms with Gasteiger partial charge in [0.05, 0.1) is 19.0 Å². The number of aliphatic hydroxyl groups excluding tert-OH is 1. The molecule has 6 rings (SSSR count). The van der Waals surface area contributed by atoms with Gasteiger partial charge < -0.3 is 20.6 Å². The summed E-state index contributed by atoms with van der Waals surface area (Å²) in [6, 6.07) is 15.6. The summed E-state index contributed by atoms with van der Waals surface area (Å²) < 4.78 is 16.3. The fourth-order valence-electron chi connectivity index (χ4n) is 6.29. The summed E-state index contributed by atoms with van der Waals surface area (Å²) in [4.78, 5) is 31.1. The zero-order valence-corrected chi connectivity index (χ0v) is 26.4. The number of aryl methyl sites for hydroxylation is 1. The normalized spacial score (nSPS) is 19.1. The first-order valence-corrected chi connectivity index (χ1v) is 16.0. The van der Waals surface area contributed by atoms with Gasteiger partial charge in [-0.05, 0) is 43.4 Å². The maximum atomic E-state index is 14.6. The molecule has 1 aliphatic carbocycles. The van der Waals surface area contributed by atoms with E-state index >= 15 is 0 Å². The first-order valence-electron chi connectivity index (χ1n) is 16.0. The van der Waals surface area contributed by atoms with Crippen molar-refractivity contribution < 1.29 is 14.3 Å². The van der Waals surface area contributed by atoms with Gasteiger partial charge in [0.2, 0.25) is 5.95 Å². The SMILES string of the molecule is Cn1cc(-c2ccc(N(C(=O)NCc3ccccc3)[C@H]3CC[C@H](Nc4ncc(C#N)c(N5CCC(F)(CO)CC5)n4)CC3)nc2)cn1. The average Bonchev–Trinajstić information content (AvgIpc) is 3.55. The molecule has 244 valence electrons. The van der Waals surface area contributed by atoms with Crippen LogP contribution in [-0.4, -0.2) is 73.3 Å². The van der Waals surface area contributed by atoms with Crippen LogP contribution in [0.3, 0.4) is 0 Å². The number of carbonyl (C=O) groups is 1. The van der Waals surface area contributed by atoms with Gasteiger partial charge in [0.15, 0.2) is 5.82 Å². The Hall–Kier alpha value is -5.09. The first-order chi connectivity index (χ1) is 22.8. The van der Waals surface area contributed by atoms with E-state index in [1.54, 1.807) is 22.0 Å². The van der Waals surface area contributed by atoms with Crippen LogP contribution in [0.4, 0.5) is 26.8 Å². The van der Waals surface area contributed by atoms with E-state index in [1.807, 2.05) is 60.6 Å². The van der Waals surface area contributed by atoms with Crippen molar-refractivity contribution in [3.8, 4) is 17.2 Å². The second-order valence-corrected chi connectivity index (χ2v) is 12.3. The van der Waals surface area contributed by atoms with Gasteiger partial charge in [0.1, 0.15) is 23.1 Å². The number of pyridine rings is 1. The second kappa shape index (κ2) is 14.1. The maximum absolute atomic E-state index is 14.6. The van der Waals surface area contributed by atoms with Crippen LogP contribution >= 0.6 is 0 Å². The molecule has 0 spiro atoms. The van der Waals surface area contributed by atoms with Crippen molar-refractivity contribution in [2.24, 2.45) is 7.05 Å². The molecule has 12 nitrogen and oxygen atoms in total. The van der Waals surface area contributed by atoms with E-state index in [9.17, 15) is 19.6 Å². The third-order valence-electron chi connectivity index (χ3n) is 9.06. The molecule has 1 aliphatic heterocycles. The zero-order chi connectivity index (χ0) is 32.8. The summed E-state index contributed by atoms with van der Waals surface area (Å²) in [5.41, 5.74) is 1.61. The Morgan fingerprint density at radius 1 is 1.06 bits per heavy atom. The molecule has 2 aliphatic rings. The average molecular weight is 639 g/mol. The minimum atomic E-state index is -1.60. The van der Waals surface area contributed by atoms with Gasteiger partial charge in [-0.3, -0.25) is 9.58 Å². The Morgan fingerprint density at radius 2 is 1.83 bits per heavy atom. The number of urea groups is 1. The summed E-state index contributed by atoms with van der Waals surface area (Å²) in [7, 11) is 1.87. The minimum Gasteiger partial charge on any atom is -0.393 e. The van der Waals surface area contributed by atoms with Crippen LogP contribution in [0.1, 0.15) is 49.7 Å². The van der Waals surface area contributed by atoms with Crippen LogP contribution in [-0.2, 0) is 13.6 Å². The van der Waals surface area contributed by atoms with Crippen molar-refractivity contribution >= 4 is 23.6 Å². The standard InChI is InChI=1S/C34H39FN10O2/c1-43-22-27(21-40-43)25-7-12-30(37-19-25)45(33(47)39-18-24-5-3-2-4-6-24)29-10-8-28(9-11-29)41-32-38-20-26(17-36)31(42-32)44-15-13-34(35,23-46)14-16-44/h2-7,12,19-22,28-29,46H,8-11,13-16,18,23H2,1H3,(H,39,47)(H,38,41,42)/t28-,29-. The molecule has 1 saturated heterocycles. The molecule has 1 aromatic carbocycles. The fourth-order valence-corrected chi connectivity index (χ4v) is 6.29. The number of nitrogens with one attached hydrogen (secondary N) is 2. The Balaban J connectivity index is 1.14. The van der Waals surface area contributed by atoms with Crippen LogP contribution in [0.15, 0.2) is 67.3 Å². The molecule has 13 heteroatoms. The molecule has 4 heterocycles. The molecular formula is C34H39FN10O2. The molecule has 0 radical (unpaired) electrons. The summed E-state index contributed by atoms with van der Waals surface area (Å²) in [6.45, 7) is 0.603. The van der Waals surface area contributed by atoms with Crippen molar-refractivity contribution in [3.63, 3.8) is 0 Å². The lowest BCUT2D eigenvalue weighted by Gasteiger charge is -2.37. The highest BCUT2D eigenvalue weighted by Gasteiger charge is 2.35. The van der Waals surface area contributed by atoms with Gasteiger partial charge in [0.25, 0.3) is 0 Å². The highest BCUT2D eigenvalue weighted by atomic mass is 19.1. The van der Waals surface area contributed by atoms with E-state index < -0.39 is 12.3 Å². The lowest BCUT2D eigenvalue weighted by molar-refractivity contribution is 0.0480. The number of amides is 2. The quantitative estimate of drug-likeness (QED) is 0.240. The highest BCUT2D eigenvalue weighted by Crippen LogP contribution is 2.32. The number of hydrogen-bond donors (Lipinski definition) is 3. The van der Waals surface area contributed by atoms with Gasteiger partial charge in [-0.2, -0.15) is 15.3 Å². The summed E-state index contributed by atoms with van der Waals surface area (Å²) in [5, 5.41) is 29.8. The van der Waals surface area contributed by atoms with Gasteiger partial charge >= 0.3 is 6.03 Å². The van der Waals surface area contributed by atoms with E-state index in [1.165, 1.54) is 6.20 Å². The Kier molecular flexibility index (Phi) is 9.58. The van der Waals surface area contributed by atoms with Crippen LogP contribution in [0.2, 0.25) is 0 Å². The number of hydrogen-bond acceptors (Lipinski definition) is 9. The molecule has 1 saturated carbocycles. The third-order valence-corrected chi connectivity index (χ3v) is 9.06. The van der Waals surface area contributed by atoms with Crippen molar-refractivity contribution in [2.75, 3.05) is 34.8 Å². The Bertz CT molecular complexity index is 1690. The largest absolute Gasteiger partial charge is 0.393 e. The van der Waals surface area contributed by atoms with Gasteiger partial charge in [0, 0.05) is 75.1 Å². The van der Waals surface area contributed by atoms with Crippen LogP contribution in [0, 0.1) is 11.3 Å². The van der Waals surface area contributed by atoms with E-state index in [0.717, 1.165) is 42.4 Å². The number of aliphatic hydroxyl groups is 1. The summed E-state index contributed by atoms with van der Waals surface area (Å²) in [5.74, 6) is 1.47. The highest BCUT2D eigenvalue weighted by molar-refractivity contribution is 5.91. The number of aromatic nitrogens is 5. The number of nitriles is 1. The number of nitrogens with zero attached hydrogens (tertiary/aromatic N) is 8. The van der Waals surface area contributed by atoms with Gasteiger partial charge in [-0.1, -0.05) is 30.3 Å². The van der Waals surface area contributed by atoms with Crippen molar-refractivity contribution in [2.45, 2.75) is 62.8 Å².